The number of para-hydroxylation sites is 1. The van der Waals surface area contributed by atoms with E-state index < -0.39 is 0 Å². The molecule has 0 aromatic heterocycles. The topological polar surface area (TPSA) is 29.3 Å². The number of nitrogens with two attached hydrogens (primary N) is 1. The molecule has 0 fully saturated rings. The zero-order chi connectivity index (χ0) is 11.3. The van der Waals surface area contributed by atoms with Gasteiger partial charge in [0.1, 0.15) is 0 Å². The molecule has 0 atom stereocenters. The Morgan fingerprint density at radius 2 is 2.00 bits per heavy atom. The van der Waals surface area contributed by atoms with E-state index in [1.54, 1.807) is 0 Å². The highest BCUT2D eigenvalue weighted by atomic mass is 15.1. The summed E-state index contributed by atoms with van der Waals surface area (Å²) in [5.74, 6) is 0. The molecule has 1 aromatic rings. The summed E-state index contributed by atoms with van der Waals surface area (Å²) in [5, 5.41) is 0. The summed E-state index contributed by atoms with van der Waals surface area (Å²) >= 11 is 0. The molecular weight excluding hydrogens is 184 g/mol. The Labute approximate surface area is 93.1 Å². The van der Waals surface area contributed by atoms with Crippen LogP contribution in [0.2, 0.25) is 0 Å². The van der Waals surface area contributed by atoms with Gasteiger partial charge in [-0.05, 0) is 31.4 Å². The van der Waals surface area contributed by atoms with Crippen LogP contribution in [0.3, 0.4) is 0 Å². The molecule has 0 unspecified atom stereocenters. The van der Waals surface area contributed by atoms with Gasteiger partial charge in [0.05, 0.1) is 0 Å². The van der Waals surface area contributed by atoms with Crippen molar-refractivity contribution in [1.82, 2.24) is 0 Å². The molecule has 1 aromatic carbocycles. The van der Waals surface area contributed by atoms with Crippen molar-refractivity contribution in [2.75, 3.05) is 18.0 Å². The zero-order valence-electron chi connectivity index (χ0n) is 10.1. The summed E-state index contributed by atoms with van der Waals surface area (Å²) in [6.07, 6.45) is 1.17. The number of aryl methyl sites for hydroxylation is 1. The molecule has 0 amide bonds. The summed E-state index contributed by atoms with van der Waals surface area (Å²) in [6.45, 7) is 9.34. The molecule has 0 heterocycles. The first kappa shape index (κ1) is 12.1. The Morgan fingerprint density at radius 1 is 1.27 bits per heavy atom. The smallest absolute Gasteiger partial charge is 0.0441 e. The molecule has 0 radical (unpaired) electrons. The van der Waals surface area contributed by atoms with E-state index in [1.165, 1.54) is 23.2 Å². The highest BCUT2D eigenvalue weighted by Gasteiger charge is 2.10. The quantitative estimate of drug-likeness (QED) is 0.802. The maximum absolute atomic E-state index is 5.78. The molecule has 0 saturated heterocycles. The van der Waals surface area contributed by atoms with Crippen LogP contribution in [-0.4, -0.2) is 13.1 Å². The molecule has 0 bridgehead atoms. The van der Waals surface area contributed by atoms with Crippen molar-refractivity contribution in [3.63, 3.8) is 0 Å². The van der Waals surface area contributed by atoms with Crippen LogP contribution in [0.5, 0.6) is 0 Å². The number of nitrogens with zero attached hydrogens (tertiary/aromatic N) is 1. The lowest BCUT2D eigenvalue weighted by molar-refractivity contribution is 0.782. The highest BCUT2D eigenvalue weighted by molar-refractivity contribution is 5.59. The van der Waals surface area contributed by atoms with E-state index in [0.717, 1.165) is 13.1 Å². The number of benzene rings is 1. The second-order valence-electron chi connectivity index (χ2n) is 3.87. The van der Waals surface area contributed by atoms with Gasteiger partial charge in [-0.2, -0.15) is 0 Å². The fourth-order valence-corrected chi connectivity index (χ4v) is 2.03. The van der Waals surface area contributed by atoms with E-state index >= 15 is 0 Å². The summed E-state index contributed by atoms with van der Waals surface area (Å²) in [5.41, 5.74) is 9.70. The number of hydrogen-bond acceptors (Lipinski definition) is 2. The third kappa shape index (κ3) is 2.72. The van der Waals surface area contributed by atoms with Gasteiger partial charge in [0.2, 0.25) is 0 Å². The Bertz CT molecular complexity index is 307. The molecule has 2 heteroatoms. The van der Waals surface area contributed by atoms with Crippen LogP contribution in [0, 0.1) is 6.92 Å². The molecule has 0 aliphatic rings. The van der Waals surface area contributed by atoms with Crippen LogP contribution in [-0.2, 0) is 6.54 Å². The van der Waals surface area contributed by atoms with E-state index in [-0.39, 0.29) is 0 Å². The van der Waals surface area contributed by atoms with Crippen molar-refractivity contribution in [3.05, 3.63) is 29.3 Å². The van der Waals surface area contributed by atoms with Crippen molar-refractivity contribution < 1.29 is 0 Å². The van der Waals surface area contributed by atoms with Crippen molar-refractivity contribution >= 4 is 5.69 Å². The Balaban J connectivity index is 3.08. The Hall–Kier alpha value is -1.02. The number of hydrogen-bond donors (Lipinski definition) is 1. The molecule has 0 aliphatic carbocycles. The monoisotopic (exact) mass is 206 g/mol. The first-order valence-electron chi connectivity index (χ1n) is 5.78. The van der Waals surface area contributed by atoms with Crippen LogP contribution < -0.4 is 10.6 Å². The van der Waals surface area contributed by atoms with Gasteiger partial charge in [-0.3, -0.25) is 0 Å². The molecule has 2 nitrogen and oxygen atoms in total. The van der Waals surface area contributed by atoms with Crippen molar-refractivity contribution in [2.45, 2.75) is 33.7 Å². The minimum absolute atomic E-state index is 0.622. The minimum atomic E-state index is 0.622. The van der Waals surface area contributed by atoms with E-state index in [4.69, 9.17) is 5.73 Å². The molecule has 1 rings (SSSR count). The fraction of sp³-hybridized carbons (Fsp3) is 0.538. The normalized spacial score (nSPS) is 10.4. The fourth-order valence-electron chi connectivity index (χ4n) is 2.03. The third-order valence-corrected chi connectivity index (χ3v) is 2.73. The lowest BCUT2D eigenvalue weighted by atomic mass is 10.1. The van der Waals surface area contributed by atoms with Gasteiger partial charge in [0, 0.05) is 25.3 Å². The SMILES string of the molecule is CCCN(CC)c1c(C)cccc1CN. The Kier molecular flexibility index (Phi) is 4.63. The molecule has 0 aliphatic heterocycles. The number of anilines is 1. The van der Waals surface area contributed by atoms with E-state index in [9.17, 15) is 0 Å². The molecule has 0 spiro atoms. The van der Waals surface area contributed by atoms with E-state index in [0.29, 0.717) is 6.54 Å². The van der Waals surface area contributed by atoms with Crippen LogP contribution in [0.4, 0.5) is 5.69 Å². The first-order chi connectivity index (χ1) is 7.24. The van der Waals surface area contributed by atoms with Crippen LogP contribution >= 0.6 is 0 Å². The van der Waals surface area contributed by atoms with Crippen LogP contribution in [0.15, 0.2) is 18.2 Å². The first-order valence-corrected chi connectivity index (χ1v) is 5.78. The molecular formula is C13H22N2. The zero-order valence-corrected chi connectivity index (χ0v) is 10.1. The predicted octanol–water partition coefficient (Wildman–Crippen LogP) is 2.69. The lowest BCUT2D eigenvalue weighted by Crippen LogP contribution is -2.26. The largest absolute Gasteiger partial charge is 0.371 e. The lowest BCUT2D eigenvalue weighted by Gasteiger charge is -2.27. The average Bonchev–Trinajstić information content (AvgIpc) is 2.26. The van der Waals surface area contributed by atoms with Gasteiger partial charge in [0.25, 0.3) is 0 Å². The summed E-state index contributed by atoms with van der Waals surface area (Å²) in [6, 6.07) is 6.37. The van der Waals surface area contributed by atoms with Crippen molar-refractivity contribution in [2.24, 2.45) is 5.73 Å². The Morgan fingerprint density at radius 3 is 2.53 bits per heavy atom. The minimum Gasteiger partial charge on any atom is -0.371 e. The van der Waals surface area contributed by atoms with Gasteiger partial charge in [-0.25, -0.2) is 0 Å². The maximum Gasteiger partial charge on any atom is 0.0441 e. The third-order valence-electron chi connectivity index (χ3n) is 2.73. The van der Waals surface area contributed by atoms with Gasteiger partial charge in [-0.1, -0.05) is 25.1 Å². The van der Waals surface area contributed by atoms with Crippen LogP contribution in [0.1, 0.15) is 31.4 Å². The van der Waals surface area contributed by atoms with Gasteiger partial charge in [-0.15, -0.1) is 0 Å². The standard InChI is InChI=1S/C13H22N2/c1-4-9-15(5-2)13-11(3)7-6-8-12(13)10-14/h6-8H,4-5,9-10,14H2,1-3H3. The highest BCUT2D eigenvalue weighted by Crippen LogP contribution is 2.24. The molecule has 84 valence electrons. The molecule has 0 saturated carbocycles. The molecule has 2 N–H and O–H groups in total. The van der Waals surface area contributed by atoms with Gasteiger partial charge < -0.3 is 10.6 Å². The van der Waals surface area contributed by atoms with Gasteiger partial charge in [0.15, 0.2) is 0 Å². The summed E-state index contributed by atoms with van der Waals surface area (Å²) in [7, 11) is 0. The number of rotatable bonds is 5. The second kappa shape index (κ2) is 5.76. The maximum atomic E-state index is 5.78. The van der Waals surface area contributed by atoms with Gasteiger partial charge >= 0.3 is 0 Å². The van der Waals surface area contributed by atoms with E-state index in [2.05, 4.69) is 43.9 Å². The predicted molar refractivity (Wildman–Crippen MR) is 67.2 cm³/mol. The second-order valence-corrected chi connectivity index (χ2v) is 3.87. The van der Waals surface area contributed by atoms with Crippen molar-refractivity contribution in [1.29, 1.82) is 0 Å². The van der Waals surface area contributed by atoms with E-state index in [1.807, 2.05) is 0 Å². The summed E-state index contributed by atoms with van der Waals surface area (Å²) < 4.78 is 0. The van der Waals surface area contributed by atoms with Crippen molar-refractivity contribution in [3.8, 4) is 0 Å². The molecule has 15 heavy (non-hydrogen) atoms. The average molecular weight is 206 g/mol. The summed E-state index contributed by atoms with van der Waals surface area (Å²) in [4.78, 5) is 2.41. The van der Waals surface area contributed by atoms with Crippen LogP contribution in [0.25, 0.3) is 0 Å².